The minimum absolute atomic E-state index is 0.149. The van der Waals surface area contributed by atoms with Gasteiger partial charge in [-0.15, -0.1) is 0 Å². The Bertz CT molecular complexity index is 679. The van der Waals surface area contributed by atoms with Crippen LogP contribution in [0.5, 0.6) is 0 Å². The molecule has 0 bridgehead atoms. The number of hydrogen-bond donors (Lipinski definition) is 2. The predicted octanol–water partition coefficient (Wildman–Crippen LogP) is 1.34. The van der Waals surface area contributed by atoms with E-state index in [9.17, 15) is 8.42 Å². The first-order valence-corrected chi connectivity index (χ1v) is 7.81. The molecule has 1 heterocycles. The molecule has 2 aromatic rings. The number of rotatable bonds is 6. The van der Waals surface area contributed by atoms with E-state index < -0.39 is 10.0 Å². The van der Waals surface area contributed by atoms with Crippen LogP contribution < -0.4 is 10.5 Å². The Morgan fingerprint density at radius 3 is 2.90 bits per heavy atom. The van der Waals surface area contributed by atoms with Gasteiger partial charge in [-0.1, -0.05) is 12.1 Å². The van der Waals surface area contributed by atoms with Crippen molar-refractivity contribution in [3.05, 3.63) is 42.2 Å². The molecule has 0 spiro atoms. The second-order valence-electron chi connectivity index (χ2n) is 4.56. The van der Waals surface area contributed by atoms with Crippen LogP contribution in [-0.4, -0.2) is 24.7 Å². The first-order chi connectivity index (χ1) is 9.51. The zero-order valence-corrected chi connectivity index (χ0v) is 12.1. The quantitative estimate of drug-likeness (QED) is 0.841. The van der Waals surface area contributed by atoms with Crippen molar-refractivity contribution in [3.8, 4) is 0 Å². The molecule has 0 fully saturated rings. The van der Waals surface area contributed by atoms with Gasteiger partial charge in [0.05, 0.1) is 6.20 Å². The number of sulfonamides is 1. The van der Waals surface area contributed by atoms with Gasteiger partial charge in [-0.05, 0) is 37.6 Å². The van der Waals surface area contributed by atoms with Crippen LogP contribution in [0.1, 0.15) is 12.0 Å². The van der Waals surface area contributed by atoms with Crippen LogP contribution in [0.4, 0.5) is 5.69 Å². The standard InChI is InChI=1S/C13H18N4O2S/c1-11-4-2-5-12(8-11)16-20(18,19)13-9-15-17(10-13)7-3-6-14/h2,4-5,8-10,16H,3,6-7,14H2,1H3. The average molecular weight is 294 g/mol. The maximum absolute atomic E-state index is 12.2. The summed E-state index contributed by atoms with van der Waals surface area (Å²) < 4.78 is 28.5. The number of benzene rings is 1. The summed E-state index contributed by atoms with van der Waals surface area (Å²) in [4.78, 5) is 0.149. The number of aryl methyl sites for hydroxylation is 2. The van der Waals surface area contributed by atoms with E-state index >= 15 is 0 Å². The Morgan fingerprint density at radius 1 is 1.40 bits per heavy atom. The van der Waals surface area contributed by atoms with Gasteiger partial charge in [-0.2, -0.15) is 5.10 Å². The van der Waals surface area contributed by atoms with Gasteiger partial charge in [0, 0.05) is 18.4 Å². The number of aromatic nitrogens is 2. The highest BCUT2D eigenvalue weighted by Gasteiger charge is 2.16. The number of nitrogens with two attached hydrogens (primary N) is 1. The van der Waals surface area contributed by atoms with Crippen molar-refractivity contribution in [2.45, 2.75) is 24.8 Å². The van der Waals surface area contributed by atoms with E-state index in [0.717, 1.165) is 12.0 Å². The molecule has 20 heavy (non-hydrogen) atoms. The second-order valence-corrected chi connectivity index (χ2v) is 6.24. The molecule has 108 valence electrons. The maximum Gasteiger partial charge on any atom is 0.265 e. The minimum Gasteiger partial charge on any atom is -0.330 e. The summed E-state index contributed by atoms with van der Waals surface area (Å²) in [6.07, 6.45) is 3.61. The molecule has 0 saturated carbocycles. The predicted molar refractivity (Wildman–Crippen MR) is 77.9 cm³/mol. The van der Waals surface area contributed by atoms with E-state index in [0.29, 0.717) is 18.8 Å². The van der Waals surface area contributed by atoms with Crippen LogP contribution in [0.25, 0.3) is 0 Å². The summed E-state index contributed by atoms with van der Waals surface area (Å²) in [7, 11) is -3.60. The lowest BCUT2D eigenvalue weighted by Gasteiger charge is -2.06. The van der Waals surface area contributed by atoms with E-state index in [4.69, 9.17) is 5.73 Å². The third kappa shape index (κ3) is 3.58. The molecule has 1 aromatic carbocycles. The van der Waals surface area contributed by atoms with Gasteiger partial charge in [0.15, 0.2) is 0 Å². The molecule has 0 saturated heterocycles. The minimum atomic E-state index is -3.60. The molecule has 0 aliphatic carbocycles. The normalized spacial score (nSPS) is 11.5. The van der Waals surface area contributed by atoms with Crippen LogP contribution in [0.3, 0.4) is 0 Å². The van der Waals surface area contributed by atoms with Gasteiger partial charge in [0.25, 0.3) is 10.0 Å². The Hall–Kier alpha value is -1.86. The van der Waals surface area contributed by atoms with E-state index in [1.54, 1.807) is 22.9 Å². The first kappa shape index (κ1) is 14.5. The van der Waals surface area contributed by atoms with E-state index in [-0.39, 0.29) is 4.90 Å². The van der Waals surface area contributed by atoms with Crippen molar-refractivity contribution in [1.29, 1.82) is 0 Å². The summed E-state index contributed by atoms with van der Waals surface area (Å²) in [6.45, 7) is 3.06. The summed E-state index contributed by atoms with van der Waals surface area (Å²) in [6, 6.07) is 7.19. The molecular weight excluding hydrogens is 276 g/mol. The number of hydrogen-bond acceptors (Lipinski definition) is 4. The first-order valence-electron chi connectivity index (χ1n) is 6.33. The third-order valence-corrected chi connectivity index (χ3v) is 4.12. The lowest BCUT2D eigenvalue weighted by atomic mass is 10.2. The smallest absolute Gasteiger partial charge is 0.265 e. The monoisotopic (exact) mass is 294 g/mol. The summed E-state index contributed by atoms with van der Waals surface area (Å²) in [5.74, 6) is 0. The van der Waals surface area contributed by atoms with Crippen LogP contribution in [0.15, 0.2) is 41.6 Å². The highest BCUT2D eigenvalue weighted by atomic mass is 32.2. The fraction of sp³-hybridized carbons (Fsp3) is 0.308. The zero-order valence-electron chi connectivity index (χ0n) is 11.3. The Morgan fingerprint density at radius 2 is 2.20 bits per heavy atom. The van der Waals surface area contributed by atoms with Crippen LogP contribution in [-0.2, 0) is 16.6 Å². The molecular formula is C13H18N4O2S. The van der Waals surface area contributed by atoms with Gasteiger partial charge in [0.1, 0.15) is 4.90 Å². The van der Waals surface area contributed by atoms with E-state index in [1.165, 1.54) is 12.4 Å². The molecule has 1 aromatic heterocycles. The number of anilines is 1. The van der Waals surface area contributed by atoms with Crippen molar-refractivity contribution in [2.75, 3.05) is 11.3 Å². The summed E-state index contributed by atoms with van der Waals surface area (Å²) >= 11 is 0. The van der Waals surface area contributed by atoms with Gasteiger partial charge in [0.2, 0.25) is 0 Å². The Labute approximate surface area is 118 Å². The van der Waals surface area contributed by atoms with E-state index in [1.807, 2.05) is 13.0 Å². The third-order valence-electron chi connectivity index (χ3n) is 2.78. The number of nitrogens with zero attached hydrogens (tertiary/aromatic N) is 2. The van der Waals surface area contributed by atoms with Crippen LogP contribution in [0, 0.1) is 6.92 Å². The topological polar surface area (TPSA) is 90.0 Å². The van der Waals surface area contributed by atoms with Gasteiger partial charge in [-0.25, -0.2) is 8.42 Å². The molecule has 3 N–H and O–H groups in total. The van der Waals surface area contributed by atoms with Crippen molar-refractivity contribution in [2.24, 2.45) is 5.73 Å². The highest BCUT2D eigenvalue weighted by molar-refractivity contribution is 7.92. The molecule has 7 heteroatoms. The molecule has 0 atom stereocenters. The van der Waals surface area contributed by atoms with Crippen molar-refractivity contribution in [3.63, 3.8) is 0 Å². The van der Waals surface area contributed by atoms with Crippen molar-refractivity contribution >= 4 is 15.7 Å². The molecule has 2 rings (SSSR count). The maximum atomic E-state index is 12.2. The zero-order chi connectivity index (χ0) is 14.6. The lowest BCUT2D eigenvalue weighted by Crippen LogP contribution is -2.12. The van der Waals surface area contributed by atoms with Crippen molar-refractivity contribution < 1.29 is 8.42 Å². The SMILES string of the molecule is Cc1cccc(NS(=O)(=O)c2cnn(CCCN)c2)c1. The molecule has 0 amide bonds. The molecule has 0 unspecified atom stereocenters. The lowest BCUT2D eigenvalue weighted by molar-refractivity contribution is 0.582. The molecule has 0 aliphatic rings. The molecule has 0 aliphatic heterocycles. The fourth-order valence-corrected chi connectivity index (χ4v) is 2.78. The van der Waals surface area contributed by atoms with Crippen molar-refractivity contribution in [1.82, 2.24) is 9.78 Å². The molecule has 0 radical (unpaired) electrons. The average Bonchev–Trinajstić information content (AvgIpc) is 2.85. The number of nitrogens with one attached hydrogen (secondary N) is 1. The second kappa shape index (κ2) is 6.06. The highest BCUT2D eigenvalue weighted by Crippen LogP contribution is 2.16. The largest absolute Gasteiger partial charge is 0.330 e. The molecule has 6 nitrogen and oxygen atoms in total. The Balaban J connectivity index is 2.16. The van der Waals surface area contributed by atoms with E-state index in [2.05, 4.69) is 9.82 Å². The fourth-order valence-electron chi connectivity index (χ4n) is 1.78. The Kier molecular flexibility index (Phi) is 4.41. The van der Waals surface area contributed by atoms with Gasteiger partial charge >= 0.3 is 0 Å². The van der Waals surface area contributed by atoms with Gasteiger partial charge < -0.3 is 5.73 Å². The van der Waals surface area contributed by atoms with Gasteiger partial charge in [-0.3, -0.25) is 9.40 Å². The van der Waals surface area contributed by atoms with Crippen LogP contribution >= 0.6 is 0 Å². The summed E-state index contributed by atoms with van der Waals surface area (Å²) in [5.41, 5.74) is 6.94. The summed E-state index contributed by atoms with van der Waals surface area (Å²) in [5, 5.41) is 4.02. The van der Waals surface area contributed by atoms with Crippen LogP contribution in [0.2, 0.25) is 0 Å².